The zero-order chi connectivity index (χ0) is 23.9. The van der Waals surface area contributed by atoms with Gasteiger partial charge in [0, 0.05) is 25.1 Å². The Hall–Kier alpha value is -3.47. The zero-order valence-corrected chi connectivity index (χ0v) is 18.6. The number of nitrogens with zero attached hydrogens (tertiary/aromatic N) is 3. The zero-order valence-electron chi connectivity index (χ0n) is 18.6. The molecule has 0 spiro atoms. The van der Waals surface area contributed by atoms with Gasteiger partial charge in [0.05, 0.1) is 24.1 Å². The fraction of sp³-hybridized carbons (Fsp3) is 0.391. The average molecular weight is 476 g/mol. The van der Waals surface area contributed by atoms with Gasteiger partial charge < -0.3 is 29.2 Å². The molecule has 3 aromatic rings. The highest BCUT2D eigenvalue weighted by Gasteiger charge is 2.45. The molecule has 11 heteroatoms. The van der Waals surface area contributed by atoms with E-state index in [-0.39, 0.29) is 36.2 Å². The summed E-state index contributed by atoms with van der Waals surface area (Å²) in [6.07, 6.45) is 0.0605. The van der Waals surface area contributed by atoms with E-state index in [1.165, 1.54) is 24.5 Å². The van der Waals surface area contributed by atoms with Gasteiger partial charge in [0.1, 0.15) is 29.3 Å². The number of alkyl halides is 2. The summed E-state index contributed by atoms with van der Waals surface area (Å²) in [5.41, 5.74) is 0.402. The van der Waals surface area contributed by atoms with E-state index in [0.29, 0.717) is 35.6 Å². The van der Waals surface area contributed by atoms with Crippen molar-refractivity contribution >= 4 is 22.4 Å². The average Bonchev–Trinajstić information content (AvgIpc) is 3.26. The smallest absolute Gasteiger partial charge is 0.296 e. The summed E-state index contributed by atoms with van der Waals surface area (Å²) < 4.78 is 66.5. The second kappa shape index (κ2) is 8.71. The van der Waals surface area contributed by atoms with Crippen molar-refractivity contribution in [3.63, 3.8) is 0 Å². The van der Waals surface area contributed by atoms with Crippen LogP contribution in [0.3, 0.4) is 0 Å². The lowest BCUT2D eigenvalue weighted by molar-refractivity contribution is -0.134. The topological polar surface area (TPSA) is 78.0 Å². The number of nitrogens with one attached hydrogen (secondary N) is 1. The molecule has 2 aromatic carbocycles. The minimum atomic E-state index is -3.07. The Kier molecular flexibility index (Phi) is 5.72. The summed E-state index contributed by atoms with van der Waals surface area (Å²) >= 11 is 0. The number of likely N-dealkylation sites (tertiary alicyclic amines) is 1. The molecule has 0 unspecified atom stereocenters. The third-order valence-corrected chi connectivity index (χ3v) is 5.71. The summed E-state index contributed by atoms with van der Waals surface area (Å²) in [5, 5.41) is 3.24. The van der Waals surface area contributed by atoms with Crippen LogP contribution in [0.4, 0.5) is 24.7 Å². The van der Waals surface area contributed by atoms with E-state index < -0.39 is 24.4 Å². The first-order chi connectivity index (χ1) is 16.4. The Morgan fingerprint density at radius 1 is 1.24 bits per heavy atom. The number of aromatic nitrogens is 2. The van der Waals surface area contributed by atoms with Gasteiger partial charge in [-0.1, -0.05) is 0 Å². The van der Waals surface area contributed by atoms with Crippen molar-refractivity contribution in [1.29, 1.82) is 0 Å². The van der Waals surface area contributed by atoms with Crippen LogP contribution in [-0.4, -0.2) is 60.4 Å². The molecule has 1 aromatic heterocycles. The Morgan fingerprint density at radius 3 is 2.88 bits per heavy atom. The van der Waals surface area contributed by atoms with Gasteiger partial charge in [-0.3, -0.25) is 0 Å². The first-order valence-corrected chi connectivity index (χ1v) is 10.9. The standard InChI is InChI=1S/C23H23F3N4O4/c1-3-31-13-8-15-19(17(9-13)34-18-6-7-30(2)10-23(18,25)26)22(28-11-27-15)29-20-14(24)4-5-16-21(20)33-12-32-16/h4-5,8-9,11,18H,3,6-7,10,12H2,1-2H3,(H,27,28,29)/t18-/m1/s1. The third kappa shape index (κ3) is 4.11. The van der Waals surface area contributed by atoms with Gasteiger partial charge >= 0.3 is 0 Å². The third-order valence-electron chi connectivity index (χ3n) is 5.71. The van der Waals surface area contributed by atoms with Gasteiger partial charge in [-0.05, 0) is 26.1 Å². The maximum Gasteiger partial charge on any atom is 0.296 e. The molecule has 180 valence electrons. The lowest BCUT2D eigenvalue weighted by Gasteiger charge is -2.36. The summed E-state index contributed by atoms with van der Waals surface area (Å²) in [4.78, 5) is 10.1. The monoisotopic (exact) mass is 476 g/mol. The molecule has 8 nitrogen and oxygen atoms in total. The van der Waals surface area contributed by atoms with Crippen LogP contribution >= 0.6 is 0 Å². The molecule has 5 rings (SSSR count). The van der Waals surface area contributed by atoms with Crippen molar-refractivity contribution in [2.24, 2.45) is 0 Å². The lowest BCUT2D eigenvalue weighted by atomic mass is 10.0. The van der Waals surface area contributed by atoms with Crippen LogP contribution in [0.2, 0.25) is 0 Å². The highest BCUT2D eigenvalue weighted by molar-refractivity contribution is 5.97. The first kappa shape index (κ1) is 22.3. The van der Waals surface area contributed by atoms with Crippen LogP contribution in [0.5, 0.6) is 23.0 Å². The molecule has 0 aliphatic carbocycles. The summed E-state index contributed by atoms with van der Waals surface area (Å²) in [7, 11) is 1.64. The number of benzene rings is 2. The second-order valence-electron chi connectivity index (χ2n) is 8.15. The molecule has 2 aliphatic rings. The van der Waals surface area contributed by atoms with E-state index in [1.54, 1.807) is 18.0 Å². The largest absolute Gasteiger partial charge is 0.494 e. The number of hydrogen-bond donors (Lipinski definition) is 1. The summed E-state index contributed by atoms with van der Waals surface area (Å²) in [6.45, 7) is 2.17. The van der Waals surface area contributed by atoms with E-state index in [0.717, 1.165) is 0 Å². The van der Waals surface area contributed by atoms with Gasteiger partial charge in [-0.25, -0.2) is 23.1 Å². The van der Waals surface area contributed by atoms with Crippen LogP contribution in [-0.2, 0) is 0 Å². The molecule has 1 fully saturated rings. The van der Waals surface area contributed by atoms with Crippen molar-refractivity contribution in [3.05, 3.63) is 36.4 Å². The highest BCUT2D eigenvalue weighted by atomic mass is 19.3. The van der Waals surface area contributed by atoms with Gasteiger partial charge in [0.2, 0.25) is 6.79 Å². The van der Waals surface area contributed by atoms with Gasteiger partial charge in [-0.15, -0.1) is 0 Å². The number of ether oxygens (including phenoxy) is 4. The minimum Gasteiger partial charge on any atom is -0.494 e. The van der Waals surface area contributed by atoms with Crippen molar-refractivity contribution < 1.29 is 32.1 Å². The number of anilines is 2. The maximum atomic E-state index is 14.8. The van der Waals surface area contributed by atoms with E-state index in [1.807, 2.05) is 6.92 Å². The van der Waals surface area contributed by atoms with Crippen LogP contribution in [0.25, 0.3) is 10.9 Å². The number of rotatable bonds is 6. The highest BCUT2D eigenvalue weighted by Crippen LogP contribution is 2.44. The molecule has 1 saturated heterocycles. The molecule has 34 heavy (non-hydrogen) atoms. The van der Waals surface area contributed by atoms with Crippen LogP contribution < -0.4 is 24.3 Å². The van der Waals surface area contributed by atoms with Crippen LogP contribution in [0.1, 0.15) is 13.3 Å². The number of hydrogen-bond acceptors (Lipinski definition) is 8. The predicted octanol–water partition coefficient (Wildman–Crippen LogP) is 4.36. The summed E-state index contributed by atoms with van der Waals surface area (Å²) in [6, 6.07) is 5.88. The maximum absolute atomic E-state index is 14.8. The van der Waals surface area contributed by atoms with Crippen molar-refractivity contribution in [3.8, 4) is 23.0 Å². The molecule has 2 aliphatic heterocycles. The van der Waals surface area contributed by atoms with Gasteiger partial charge in [0.25, 0.3) is 5.92 Å². The molecule has 0 saturated carbocycles. The van der Waals surface area contributed by atoms with Crippen molar-refractivity contribution in [2.75, 3.05) is 38.9 Å². The minimum absolute atomic E-state index is 0.0134. The van der Waals surface area contributed by atoms with E-state index >= 15 is 0 Å². The van der Waals surface area contributed by atoms with E-state index in [9.17, 15) is 13.2 Å². The fourth-order valence-corrected chi connectivity index (χ4v) is 4.14. The molecule has 0 radical (unpaired) electrons. The van der Waals surface area contributed by atoms with Crippen molar-refractivity contribution in [1.82, 2.24) is 14.9 Å². The second-order valence-corrected chi connectivity index (χ2v) is 8.15. The van der Waals surface area contributed by atoms with Gasteiger partial charge in [-0.2, -0.15) is 0 Å². The molecule has 0 amide bonds. The van der Waals surface area contributed by atoms with Crippen molar-refractivity contribution in [2.45, 2.75) is 25.4 Å². The number of piperidine rings is 1. The Balaban J connectivity index is 1.60. The van der Waals surface area contributed by atoms with Crippen LogP contribution in [0.15, 0.2) is 30.6 Å². The van der Waals surface area contributed by atoms with Gasteiger partial charge in [0.15, 0.2) is 23.4 Å². The molecular formula is C23H23F3N4O4. The lowest BCUT2D eigenvalue weighted by Crippen LogP contribution is -2.52. The number of fused-ring (bicyclic) bond motifs is 2. The predicted molar refractivity (Wildman–Crippen MR) is 118 cm³/mol. The fourth-order valence-electron chi connectivity index (χ4n) is 4.14. The SMILES string of the molecule is CCOc1cc(O[C@@H]2CCN(C)CC2(F)F)c2c(Nc3c(F)ccc4c3OCO4)ncnc2c1. The Labute approximate surface area is 193 Å². The molecule has 0 bridgehead atoms. The normalized spacial score (nSPS) is 19.3. The van der Waals surface area contributed by atoms with E-state index in [4.69, 9.17) is 18.9 Å². The molecule has 1 N–H and O–H groups in total. The molecule has 1 atom stereocenters. The summed E-state index contributed by atoms with van der Waals surface area (Å²) in [5.74, 6) is -2.39. The Bertz CT molecular complexity index is 1230. The molecular weight excluding hydrogens is 453 g/mol. The van der Waals surface area contributed by atoms with E-state index in [2.05, 4.69) is 15.3 Å². The Morgan fingerprint density at radius 2 is 2.09 bits per heavy atom. The number of halogens is 3. The van der Waals surface area contributed by atoms with Crippen LogP contribution in [0, 0.1) is 5.82 Å². The molecule has 3 heterocycles. The quantitative estimate of drug-likeness (QED) is 0.563. The first-order valence-electron chi connectivity index (χ1n) is 10.9.